The zero-order chi connectivity index (χ0) is 8.97. The lowest BCUT2D eigenvalue weighted by molar-refractivity contribution is 1.11. The Labute approximate surface area is 76.2 Å². The average Bonchev–Trinajstić information content (AvgIpc) is 2.05. The van der Waals surface area contributed by atoms with Gasteiger partial charge in [-0.05, 0) is 6.92 Å². The highest BCUT2D eigenvalue weighted by Gasteiger charge is 1.98. The zero-order valence-electron chi connectivity index (χ0n) is 6.74. The number of thiocarbonyl (C=S) groups is 1. The molecule has 0 aromatic carbocycles. The number of anilines is 1. The summed E-state index contributed by atoms with van der Waals surface area (Å²) in [4.78, 5) is 8.32. The molecule has 12 heavy (non-hydrogen) atoms. The fourth-order valence-electron chi connectivity index (χ4n) is 0.751. The first-order chi connectivity index (χ1) is 5.74. The van der Waals surface area contributed by atoms with Gasteiger partial charge in [-0.25, -0.2) is 4.98 Å². The third-order valence-electron chi connectivity index (χ3n) is 1.24. The van der Waals surface area contributed by atoms with E-state index in [1.54, 1.807) is 12.4 Å². The molecule has 1 aromatic heterocycles. The van der Waals surface area contributed by atoms with Crippen LogP contribution in [0.4, 0.5) is 5.82 Å². The maximum atomic E-state index is 5.38. The molecule has 5 heteroatoms. The molecular formula is C7H10N4S. The highest BCUT2D eigenvalue weighted by atomic mass is 32.1. The Bertz CT molecular complexity index is 286. The Balaban J connectivity index is 2.88. The maximum absolute atomic E-state index is 5.38. The summed E-state index contributed by atoms with van der Waals surface area (Å²) in [5.41, 5.74) is 5.92. The van der Waals surface area contributed by atoms with Crippen LogP contribution >= 0.6 is 12.2 Å². The van der Waals surface area contributed by atoms with Crippen LogP contribution in [0.5, 0.6) is 0 Å². The van der Waals surface area contributed by atoms with Crippen LogP contribution in [-0.2, 0) is 0 Å². The van der Waals surface area contributed by atoms with Crippen molar-refractivity contribution in [3.8, 4) is 0 Å². The Morgan fingerprint density at radius 1 is 1.67 bits per heavy atom. The summed E-state index contributed by atoms with van der Waals surface area (Å²) in [6.45, 7) is 2.78. The number of aromatic nitrogens is 2. The van der Waals surface area contributed by atoms with Crippen molar-refractivity contribution in [2.75, 3.05) is 11.9 Å². The average molecular weight is 182 g/mol. The van der Waals surface area contributed by atoms with E-state index in [0.717, 1.165) is 6.54 Å². The van der Waals surface area contributed by atoms with Crippen molar-refractivity contribution >= 4 is 23.0 Å². The van der Waals surface area contributed by atoms with Gasteiger partial charge < -0.3 is 11.1 Å². The van der Waals surface area contributed by atoms with Crippen LogP contribution in [0, 0.1) is 0 Å². The van der Waals surface area contributed by atoms with E-state index in [1.165, 1.54) is 0 Å². The molecule has 0 aliphatic rings. The Morgan fingerprint density at radius 3 is 3.00 bits per heavy atom. The first-order valence-corrected chi connectivity index (χ1v) is 4.00. The molecule has 0 saturated carbocycles. The second-order valence-corrected chi connectivity index (χ2v) is 2.62. The van der Waals surface area contributed by atoms with Gasteiger partial charge in [0.2, 0.25) is 0 Å². The predicted octanol–water partition coefficient (Wildman–Crippen LogP) is 0.543. The number of nitrogens with one attached hydrogen (secondary N) is 1. The molecule has 0 atom stereocenters. The molecule has 1 rings (SSSR count). The molecule has 0 bridgehead atoms. The molecule has 1 aromatic rings. The Hall–Kier alpha value is -1.23. The van der Waals surface area contributed by atoms with E-state index in [-0.39, 0.29) is 4.99 Å². The van der Waals surface area contributed by atoms with Gasteiger partial charge in [-0.1, -0.05) is 12.2 Å². The minimum atomic E-state index is 0.266. The Morgan fingerprint density at radius 2 is 2.42 bits per heavy atom. The minimum Gasteiger partial charge on any atom is -0.388 e. The monoisotopic (exact) mass is 182 g/mol. The van der Waals surface area contributed by atoms with E-state index in [4.69, 9.17) is 18.0 Å². The van der Waals surface area contributed by atoms with Crippen LogP contribution in [0.25, 0.3) is 0 Å². The van der Waals surface area contributed by atoms with Crippen molar-refractivity contribution in [1.29, 1.82) is 0 Å². The van der Waals surface area contributed by atoms with Crippen molar-refractivity contribution in [2.24, 2.45) is 5.73 Å². The van der Waals surface area contributed by atoms with Gasteiger partial charge in [-0.2, -0.15) is 0 Å². The summed E-state index contributed by atoms with van der Waals surface area (Å²) >= 11 is 4.75. The highest BCUT2D eigenvalue weighted by molar-refractivity contribution is 7.80. The number of rotatable bonds is 3. The lowest BCUT2D eigenvalue weighted by Crippen LogP contribution is -2.13. The van der Waals surface area contributed by atoms with E-state index < -0.39 is 0 Å². The fraction of sp³-hybridized carbons (Fsp3) is 0.286. The molecule has 0 unspecified atom stereocenters. The molecule has 0 spiro atoms. The molecular weight excluding hydrogens is 172 g/mol. The summed E-state index contributed by atoms with van der Waals surface area (Å²) in [7, 11) is 0. The van der Waals surface area contributed by atoms with Gasteiger partial charge >= 0.3 is 0 Å². The van der Waals surface area contributed by atoms with Crippen LogP contribution in [0.3, 0.4) is 0 Å². The molecule has 0 radical (unpaired) electrons. The van der Waals surface area contributed by atoms with Crippen molar-refractivity contribution in [1.82, 2.24) is 9.97 Å². The second kappa shape index (κ2) is 3.96. The Kier molecular flexibility index (Phi) is 2.93. The summed E-state index contributed by atoms with van der Waals surface area (Å²) in [5, 5.41) is 3.01. The molecule has 0 amide bonds. The molecule has 4 nitrogen and oxygen atoms in total. The first-order valence-electron chi connectivity index (χ1n) is 3.59. The first kappa shape index (κ1) is 8.86. The number of hydrogen-bond donors (Lipinski definition) is 2. The molecule has 64 valence electrons. The molecule has 3 N–H and O–H groups in total. The van der Waals surface area contributed by atoms with Gasteiger partial charge in [0, 0.05) is 6.54 Å². The van der Waals surface area contributed by atoms with Crippen LogP contribution in [0.15, 0.2) is 12.4 Å². The van der Waals surface area contributed by atoms with E-state index >= 15 is 0 Å². The topological polar surface area (TPSA) is 63.8 Å². The summed E-state index contributed by atoms with van der Waals surface area (Å²) in [6, 6.07) is 0. The van der Waals surface area contributed by atoms with Crippen molar-refractivity contribution in [3.63, 3.8) is 0 Å². The van der Waals surface area contributed by atoms with Crippen molar-refractivity contribution < 1.29 is 0 Å². The molecule has 0 aliphatic carbocycles. The van der Waals surface area contributed by atoms with Gasteiger partial charge in [0.1, 0.15) is 16.5 Å². The van der Waals surface area contributed by atoms with E-state index in [1.807, 2.05) is 6.92 Å². The summed E-state index contributed by atoms with van der Waals surface area (Å²) in [5.74, 6) is 0.697. The molecule has 0 saturated heterocycles. The third kappa shape index (κ3) is 2.13. The van der Waals surface area contributed by atoms with Crippen LogP contribution in [0.2, 0.25) is 0 Å². The van der Waals surface area contributed by atoms with Gasteiger partial charge in [0.25, 0.3) is 0 Å². The quantitative estimate of drug-likeness (QED) is 0.668. The molecule has 0 aliphatic heterocycles. The second-order valence-electron chi connectivity index (χ2n) is 2.18. The third-order valence-corrected chi connectivity index (χ3v) is 1.45. The lowest BCUT2D eigenvalue weighted by atomic mass is 10.4. The summed E-state index contributed by atoms with van der Waals surface area (Å²) < 4.78 is 0. The van der Waals surface area contributed by atoms with Gasteiger partial charge in [-0.15, -0.1) is 0 Å². The lowest BCUT2D eigenvalue weighted by Gasteiger charge is -2.02. The summed E-state index contributed by atoms with van der Waals surface area (Å²) in [6.07, 6.45) is 3.18. The van der Waals surface area contributed by atoms with Gasteiger partial charge in [0.15, 0.2) is 0 Å². The molecule has 1 heterocycles. The highest BCUT2D eigenvalue weighted by Crippen LogP contribution is 2.00. The van der Waals surface area contributed by atoms with Crippen molar-refractivity contribution in [3.05, 3.63) is 18.1 Å². The van der Waals surface area contributed by atoms with Gasteiger partial charge in [0.05, 0.1) is 12.4 Å². The SMILES string of the molecule is CCNc1cncc(C(N)=S)n1. The predicted molar refractivity (Wildman–Crippen MR) is 52.1 cm³/mol. The van der Waals surface area contributed by atoms with E-state index in [0.29, 0.717) is 11.5 Å². The van der Waals surface area contributed by atoms with E-state index in [2.05, 4.69) is 15.3 Å². The largest absolute Gasteiger partial charge is 0.388 e. The van der Waals surface area contributed by atoms with Crippen LogP contribution in [-0.4, -0.2) is 21.5 Å². The molecule has 0 fully saturated rings. The minimum absolute atomic E-state index is 0.266. The number of nitrogens with two attached hydrogens (primary N) is 1. The standard InChI is InChI=1S/C7H10N4S/c1-2-10-6-4-9-3-5(11-6)7(8)12/h3-4H,2H2,1H3,(H2,8,12)(H,10,11). The van der Waals surface area contributed by atoms with Gasteiger partial charge in [-0.3, -0.25) is 4.98 Å². The van der Waals surface area contributed by atoms with Crippen LogP contribution < -0.4 is 11.1 Å². The van der Waals surface area contributed by atoms with E-state index in [9.17, 15) is 0 Å². The number of nitrogens with zero attached hydrogens (tertiary/aromatic N) is 2. The fourth-order valence-corrected chi connectivity index (χ4v) is 0.849. The zero-order valence-corrected chi connectivity index (χ0v) is 7.56. The van der Waals surface area contributed by atoms with Crippen molar-refractivity contribution in [2.45, 2.75) is 6.92 Å². The van der Waals surface area contributed by atoms with Crippen LogP contribution in [0.1, 0.15) is 12.6 Å². The maximum Gasteiger partial charge on any atom is 0.145 e. The normalized spacial score (nSPS) is 9.42. The number of hydrogen-bond acceptors (Lipinski definition) is 4. The smallest absolute Gasteiger partial charge is 0.145 e.